The van der Waals surface area contributed by atoms with Gasteiger partial charge in [-0.3, -0.25) is 4.79 Å². The summed E-state index contributed by atoms with van der Waals surface area (Å²) in [4.78, 5) is 25.9. The van der Waals surface area contributed by atoms with E-state index in [1.165, 1.54) is 19.2 Å². The minimum atomic E-state index is -4.44. The molecule has 9 heteroatoms. The molecule has 1 aliphatic heterocycles. The summed E-state index contributed by atoms with van der Waals surface area (Å²) in [5.74, 6) is 0.467. The molecule has 1 fully saturated rings. The maximum absolute atomic E-state index is 12.6. The van der Waals surface area contributed by atoms with Gasteiger partial charge in [0.2, 0.25) is 5.91 Å². The van der Waals surface area contributed by atoms with E-state index in [2.05, 4.69) is 10.6 Å². The summed E-state index contributed by atoms with van der Waals surface area (Å²) in [6, 6.07) is 10.1. The molecule has 1 atom stereocenters. The van der Waals surface area contributed by atoms with Gasteiger partial charge in [0, 0.05) is 30.4 Å². The topological polar surface area (TPSA) is 70.7 Å². The first-order valence-electron chi connectivity index (χ1n) is 8.45. The number of carbonyl (C=O) groups is 2. The number of nitrogens with one attached hydrogen (secondary N) is 2. The van der Waals surface area contributed by atoms with E-state index in [9.17, 15) is 22.8 Å². The van der Waals surface area contributed by atoms with Crippen molar-refractivity contribution in [3.8, 4) is 5.75 Å². The van der Waals surface area contributed by atoms with Crippen LogP contribution in [-0.2, 0) is 11.0 Å². The second kappa shape index (κ2) is 7.79. The summed E-state index contributed by atoms with van der Waals surface area (Å²) in [5.41, 5.74) is 0.0880. The number of anilines is 2. The molecule has 0 spiro atoms. The molecular formula is C19H18F3N3O3. The van der Waals surface area contributed by atoms with E-state index < -0.39 is 23.8 Å². The zero-order valence-electron chi connectivity index (χ0n) is 14.9. The number of hydrogen-bond acceptors (Lipinski definition) is 3. The molecule has 3 rings (SSSR count). The lowest BCUT2D eigenvalue weighted by Crippen LogP contribution is -2.39. The summed E-state index contributed by atoms with van der Waals surface area (Å²) >= 11 is 0. The van der Waals surface area contributed by atoms with Crippen molar-refractivity contribution in [2.45, 2.75) is 18.6 Å². The Bertz CT molecular complexity index is 869. The molecule has 1 heterocycles. The Morgan fingerprint density at radius 1 is 1.18 bits per heavy atom. The van der Waals surface area contributed by atoms with Gasteiger partial charge in [0.1, 0.15) is 5.75 Å². The van der Waals surface area contributed by atoms with Crippen LogP contribution < -0.4 is 20.3 Å². The Labute approximate surface area is 159 Å². The molecule has 0 radical (unpaired) electrons. The van der Waals surface area contributed by atoms with E-state index in [0.717, 1.165) is 12.1 Å². The molecule has 0 aliphatic carbocycles. The molecule has 1 saturated heterocycles. The molecule has 2 N–H and O–H groups in total. The lowest BCUT2D eigenvalue weighted by atomic mass is 10.2. The minimum Gasteiger partial charge on any atom is -0.497 e. The van der Waals surface area contributed by atoms with Gasteiger partial charge in [0.05, 0.1) is 18.7 Å². The van der Waals surface area contributed by atoms with E-state index in [-0.39, 0.29) is 24.6 Å². The Morgan fingerprint density at radius 3 is 2.54 bits per heavy atom. The molecule has 1 aliphatic rings. The van der Waals surface area contributed by atoms with Gasteiger partial charge >= 0.3 is 12.2 Å². The van der Waals surface area contributed by atoms with Gasteiger partial charge in [-0.05, 0) is 36.4 Å². The number of nitrogens with zero attached hydrogens (tertiary/aromatic N) is 1. The lowest BCUT2D eigenvalue weighted by molar-refractivity contribution is -0.137. The number of rotatable bonds is 4. The van der Waals surface area contributed by atoms with Crippen molar-refractivity contribution >= 4 is 23.3 Å². The van der Waals surface area contributed by atoms with Crippen LogP contribution in [0.3, 0.4) is 0 Å². The highest BCUT2D eigenvalue weighted by Gasteiger charge is 2.32. The van der Waals surface area contributed by atoms with Crippen molar-refractivity contribution in [2.75, 3.05) is 23.9 Å². The Kier molecular flexibility index (Phi) is 5.43. The van der Waals surface area contributed by atoms with Crippen LogP contribution in [0.4, 0.5) is 29.3 Å². The second-order valence-electron chi connectivity index (χ2n) is 6.28. The van der Waals surface area contributed by atoms with Crippen LogP contribution in [0.15, 0.2) is 48.5 Å². The van der Waals surface area contributed by atoms with Gasteiger partial charge in [-0.15, -0.1) is 0 Å². The number of urea groups is 1. The standard InChI is InChI=1S/C19H18F3N3O3/c1-28-16-4-2-3-15(10-16)25-11-14(9-17(25)26)24-18(27)23-13-7-5-12(6-8-13)19(20,21)22/h2-8,10,14H,9,11H2,1H3,(H2,23,24,27). The third kappa shape index (κ3) is 4.54. The molecule has 0 aromatic heterocycles. The van der Waals surface area contributed by atoms with E-state index in [0.29, 0.717) is 11.4 Å². The van der Waals surface area contributed by atoms with Crippen LogP contribution in [0, 0.1) is 0 Å². The van der Waals surface area contributed by atoms with Gasteiger partial charge in [-0.1, -0.05) is 6.07 Å². The molecule has 1 unspecified atom stereocenters. The number of halogens is 3. The maximum atomic E-state index is 12.6. The largest absolute Gasteiger partial charge is 0.497 e. The first-order chi connectivity index (χ1) is 13.3. The SMILES string of the molecule is COc1cccc(N2CC(NC(=O)Nc3ccc(C(F)(F)F)cc3)CC2=O)c1. The number of amides is 3. The zero-order valence-corrected chi connectivity index (χ0v) is 14.9. The number of benzene rings is 2. The predicted molar refractivity (Wildman–Crippen MR) is 97.4 cm³/mol. The highest BCUT2D eigenvalue weighted by molar-refractivity contribution is 5.97. The average Bonchev–Trinajstić information content (AvgIpc) is 3.01. The van der Waals surface area contributed by atoms with Crippen LogP contribution in [0.5, 0.6) is 5.75 Å². The average molecular weight is 393 g/mol. The number of ether oxygens (including phenoxy) is 1. The normalized spacial score (nSPS) is 16.8. The minimum absolute atomic E-state index is 0.123. The monoisotopic (exact) mass is 393 g/mol. The van der Waals surface area contributed by atoms with Gasteiger partial charge < -0.3 is 20.3 Å². The molecule has 0 bridgehead atoms. The summed E-state index contributed by atoms with van der Waals surface area (Å²) in [6.07, 6.45) is -4.31. The molecule has 148 valence electrons. The fraction of sp³-hybridized carbons (Fsp3) is 0.263. The van der Waals surface area contributed by atoms with Crippen molar-refractivity contribution in [2.24, 2.45) is 0 Å². The smallest absolute Gasteiger partial charge is 0.416 e. The van der Waals surface area contributed by atoms with Crippen molar-refractivity contribution < 1.29 is 27.5 Å². The van der Waals surface area contributed by atoms with Crippen LogP contribution in [0.25, 0.3) is 0 Å². The number of alkyl halides is 3. The van der Waals surface area contributed by atoms with Crippen LogP contribution >= 0.6 is 0 Å². The third-order valence-corrected chi connectivity index (χ3v) is 4.30. The molecule has 6 nitrogen and oxygen atoms in total. The third-order valence-electron chi connectivity index (χ3n) is 4.30. The van der Waals surface area contributed by atoms with Crippen molar-refractivity contribution in [3.05, 3.63) is 54.1 Å². The van der Waals surface area contributed by atoms with Gasteiger partial charge in [0.25, 0.3) is 0 Å². The number of methoxy groups -OCH3 is 1. The summed E-state index contributed by atoms with van der Waals surface area (Å²) in [7, 11) is 1.53. The second-order valence-corrected chi connectivity index (χ2v) is 6.28. The van der Waals surface area contributed by atoms with Gasteiger partial charge in [0.15, 0.2) is 0 Å². The number of hydrogen-bond donors (Lipinski definition) is 2. The molecule has 2 aromatic carbocycles. The van der Waals surface area contributed by atoms with Crippen LogP contribution in [0.1, 0.15) is 12.0 Å². The van der Waals surface area contributed by atoms with E-state index in [4.69, 9.17) is 4.74 Å². The predicted octanol–water partition coefficient (Wildman–Crippen LogP) is 3.64. The van der Waals surface area contributed by atoms with Crippen molar-refractivity contribution in [3.63, 3.8) is 0 Å². The first-order valence-corrected chi connectivity index (χ1v) is 8.45. The first kappa shape index (κ1) is 19.5. The van der Waals surface area contributed by atoms with E-state index in [1.807, 2.05) is 0 Å². The quantitative estimate of drug-likeness (QED) is 0.833. The Hall–Kier alpha value is -3.23. The highest BCUT2D eigenvalue weighted by Crippen LogP contribution is 2.30. The molecule has 2 aromatic rings. The zero-order chi connectivity index (χ0) is 20.3. The van der Waals surface area contributed by atoms with Crippen LogP contribution in [0.2, 0.25) is 0 Å². The summed E-state index contributed by atoms with van der Waals surface area (Å²) in [5, 5.41) is 5.13. The van der Waals surface area contributed by atoms with Gasteiger partial charge in [-0.25, -0.2) is 4.79 Å². The van der Waals surface area contributed by atoms with Crippen molar-refractivity contribution in [1.82, 2.24) is 5.32 Å². The highest BCUT2D eigenvalue weighted by atomic mass is 19.4. The molecule has 3 amide bonds. The van der Waals surface area contributed by atoms with E-state index >= 15 is 0 Å². The number of carbonyl (C=O) groups excluding carboxylic acids is 2. The lowest BCUT2D eigenvalue weighted by Gasteiger charge is -2.18. The molecule has 28 heavy (non-hydrogen) atoms. The molecular weight excluding hydrogens is 375 g/mol. The molecule has 0 saturated carbocycles. The Morgan fingerprint density at radius 2 is 1.89 bits per heavy atom. The van der Waals surface area contributed by atoms with Crippen molar-refractivity contribution in [1.29, 1.82) is 0 Å². The van der Waals surface area contributed by atoms with Crippen LogP contribution in [-0.4, -0.2) is 31.6 Å². The fourth-order valence-electron chi connectivity index (χ4n) is 2.93. The fourth-order valence-corrected chi connectivity index (χ4v) is 2.93. The maximum Gasteiger partial charge on any atom is 0.416 e. The summed E-state index contributed by atoms with van der Waals surface area (Å²) in [6.45, 7) is 0.284. The van der Waals surface area contributed by atoms with E-state index in [1.54, 1.807) is 29.2 Å². The van der Waals surface area contributed by atoms with Gasteiger partial charge in [-0.2, -0.15) is 13.2 Å². The summed E-state index contributed by atoms with van der Waals surface area (Å²) < 4.78 is 42.9. The Balaban J connectivity index is 1.58.